The molecular formula is C17H28O4Si. The maximum atomic E-state index is 12.0. The van der Waals surface area contributed by atoms with E-state index in [9.17, 15) is 9.90 Å². The number of carbonyl (C=O) groups is 1. The van der Waals surface area contributed by atoms with E-state index in [-0.39, 0.29) is 24.1 Å². The van der Waals surface area contributed by atoms with E-state index < -0.39 is 9.04 Å². The molecular weight excluding hydrogens is 296 g/mol. The van der Waals surface area contributed by atoms with Crippen LogP contribution < -0.4 is 0 Å². The molecule has 22 heavy (non-hydrogen) atoms. The molecule has 0 radical (unpaired) electrons. The summed E-state index contributed by atoms with van der Waals surface area (Å²) < 4.78 is 11.3. The standard InChI is InChI=1S/C17H28O4Si/c1-7-20-16(19)14-9-12(11-18)8-13(10-14)15(17(2,3)4)21-22(5)6/h8-10,15,18,22H,7,11H2,1-6H3. The molecule has 0 aromatic heterocycles. The molecule has 0 amide bonds. The highest BCUT2D eigenvalue weighted by Crippen LogP contribution is 2.37. The van der Waals surface area contributed by atoms with Gasteiger partial charge in [-0.15, -0.1) is 0 Å². The van der Waals surface area contributed by atoms with Gasteiger partial charge in [0.2, 0.25) is 0 Å². The molecule has 4 nitrogen and oxygen atoms in total. The van der Waals surface area contributed by atoms with Gasteiger partial charge in [0.15, 0.2) is 9.04 Å². The molecule has 5 heteroatoms. The molecule has 0 saturated heterocycles. The maximum absolute atomic E-state index is 12.0. The van der Waals surface area contributed by atoms with Gasteiger partial charge in [0.05, 0.1) is 24.9 Å². The largest absolute Gasteiger partial charge is 0.462 e. The molecule has 0 saturated carbocycles. The number of benzene rings is 1. The van der Waals surface area contributed by atoms with Gasteiger partial charge in [-0.3, -0.25) is 0 Å². The normalized spacial score (nSPS) is 13.3. The van der Waals surface area contributed by atoms with Crippen LogP contribution in [0.1, 0.15) is 55.3 Å². The van der Waals surface area contributed by atoms with Gasteiger partial charge in [-0.25, -0.2) is 4.79 Å². The molecule has 124 valence electrons. The Hall–Kier alpha value is -1.17. The predicted molar refractivity (Wildman–Crippen MR) is 90.5 cm³/mol. The fraction of sp³-hybridized carbons (Fsp3) is 0.588. The summed E-state index contributed by atoms with van der Waals surface area (Å²) in [4.78, 5) is 12.0. The minimum absolute atomic E-state index is 0.0999. The Bertz CT molecular complexity index is 506. The van der Waals surface area contributed by atoms with Crippen LogP contribution in [0.2, 0.25) is 13.1 Å². The number of rotatable bonds is 6. The topological polar surface area (TPSA) is 55.8 Å². The minimum Gasteiger partial charge on any atom is -0.462 e. The third kappa shape index (κ3) is 5.23. The maximum Gasteiger partial charge on any atom is 0.338 e. The number of hydrogen-bond acceptors (Lipinski definition) is 4. The Morgan fingerprint density at radius 1 is 1.27 bits per heavy atom. The average molecular weight is 324 g/mol. The summed E-state index contributed by atoms with van der Waals surface area (Å²) in [5.41, 5.74) is 1.98. The van der Waals surface area contributed by atoms with E-state index >= 15 is 0 Å². The highest BCUT2D eigenvalue weighted by Gasteiger charge is 2.29. The second-order valence-electron chi connectivity index (χ2n) is 6.77. The van der Waals surface area contributed by atoms with Crippen molar-refractivity contribution in [3.63, 3.8) is 0 Å². The molecule has 1 atom stereocenters. The SMILES string of the molecule is CCOC(=O)c1cc(CO)cc(C(O[SiH](C)C)C(C)(C)C)c1. The first-order valence-corrected chi connectivity index (χ1v) is 10.5. The van der Waals surface area contributed by atoms with E-state index in [4.69, 9.17) is 9.16 Å². The Kier molecular flexibility index (Phi) is 6.78. The zero-order valence-corrected chi connectivity index (χ0v) is 15.6. The summed E-state index contributed by atoms with van der Waals surface area (Å²) >= 11 is 0. The van der Waals surface area contributed by atoms with Gasteiger partial charge in [0, 0.05) is 0 Å². The van der Waals surface area contributed by atoms with E-state index in [0.29, 0.717) is 17.7 Å². The Morgan fingerprint density at radius 2 is 1.91 bits per heavy atom. The lowest BCUT2D eigenvalue weighted by Gasteiger charge is -2.33. The van der Waals surface area contributed by atoms with Gasteiger partial charge < -0.3 is 14.3 Å². The van der Waals surface area contributed by atoms with Crippen LogP contribution in [0.15, 0.2) is 18.2 Å². The molecule has 0 aliphatic rings. The molecule has 0 aliphatic carbocycles. The summed E-state index contributed by atoms with van der Waals surface area (Å²) in [5, 5.41) is 9.48. The zero-order valence-electron chi connectivity index (χ0n) is 14.5. The van der Waals surface area contributed by atoms with Crippen LogP contribution >= 0.6 is 0 Å². The number of carbonyl (C=O) groups excluding carboxylic acids is 1. The van der Waals surface area contributed by atoms with Gasteiger partial charge in [-0.1, -0.05) is 26.8 Å². The third-order valence-electron chi connectivity index (χ3n) is 3.21. The second kappa shape index (κ2) is 7.90. The molecule has 1 aromatic rings. The fourth-order valence-electron chi connectivity index (χ4n) is 2.35. The van der Waals surface area contributed by atoms with Gasteiger partial charge in [0.1, 0.15) is 0 Å². The molecule has 0 aliphatic heterocycles. The van der Waals surface area contributed by atoms with E-state index in [1.54, 1.807) is 13.0 Å². The van der Waals surface area contributed by atoms with Gasteiger partial charge in [-0.2, -0.15) is 0 Å². The minimum atomic E-state index is -1.25. The van der Waals surface area contributed by atoms with Crippen LogP contribution in [-0.4, -0.2) is 26.7 Å². The van der Waals surface area contributed by atoms with Crippen LogP contribution in [-0.2, 0) is 15.8 Å². The summed E-state index contributed by atoms with van der Waals surface area (Å²) in [5.74, 6) is -0.367. The van der Waals surface area contributed by atoms with Crippen molar-refractivity contribution in [2.45, 2.75) is 53.5 Å². The Morgan fingerprint density at radius 3 is 2.36 bits per heavy atom. The van der Waals surface area contributed by atoms with Gasteiger partial charge in [-0.05, 0) is 48.7 Å². The van der Waals surface area contributed by atoms with E-state index in [1.807, 2.05) is 12.1 Å². The summed E-state index contributed by atoms with van der Waals surface area (Å²) in [7, 11) is -1.25. The molecule has 1 N–H and O–H groups in total. The lowest BCUT2D eigenvalue weighted by atomic mass is 9.84. The quantitative estimate of drug-likeness (QED) is 0.643. The lowest BCUT2D eigenvalue weighted by Crippen LogP contribution is -2.26. The van der Waals surface area contributed by atoms with Crippen molar-refractivity contribution in [2.24, 2.45) is 5.41 Å². The lowest BCUT2D eigenvalue weighted by molar-refractivity contribution is 0.0524. The number of ether oxygens (including phenoxy) is 1. The van der Waals surface area contributed by atoms with E-state index in [2.05, 4.69) is 33.9 Å². The van der Waals surface area contributed by atoms with Crippen LogP contribution in [0.25, 0.3) is 0 Å². The van der Waals surface area contributed by atoms with Crippen LogP contribution in [0, 0.1) is 5.41 Å². The smallest absolute Gasteiger partial charge is 0.338 e. The third-order valence-corrected chi connectivity index (χ3v) is 4.02. The number of aliphatic hydroxyl groups excluding tert-OH is 1. The highest BCUT2D eigenvalue weighted by atomic mass is 28.3. The zero-order chi connectivity index (χ0) is 16.9. The first-order chi connectivity index (χ1) is 10.2. The van der Waals surface area contributed by atoms with Crippen molar-refractivity contribution in [3.05, 3.63) is 34.9 Å². The summed E-state index contributed by atoms with van der Waals surface area (Å²) in [6.45, 7) is 12.6. The van der Waals surface area contributed by atoms with Crippen LogP contribution in [0.5, 0.6) is 0 Å². The van der Waals surface area contributed by atoms with Crippen molar-refractivity contribution < 1.29 is 19.1 Å². The van der Waals surface area contributed by atoms with Crippen molar-refractivity contribution in [3.8, 4) is 0 Å². The first-order valence-electron chi connectivity index (χ1n) is 7.76. The molecule has 0 fully saturated rings. The second-order valence-corrected chi connectivity index (χ2v) is 9.14. The first kappa shape index (κ1) is 18.9. The van der Waals surface area contributed by atoms with Crippen LogP contribution in [0.4, 0.5) is 0 Å². The van der Waals surface area contributed by atoms with Gasteiger partial charge in [0.25, 0.3) is 0 Å². The van der Waals surface area contributed by atoms with Crippen LogP contribution in [0.3, 0.4) is 0 Å². The molecule has 1 aromatic carbocycles. The molecule has 0 heterocycles. The molecule has 0 spiro atoms. The molecule has 1 unspecified atom stereocenters. The fourth-order valence-corrected chi connectivity index (χ4v) is 3.46. The van der Waals surface area contributed by atoms with E-state index in [0.717, 1.165) is 5.56 Å². The van der Waals surface area contributed by atoms with Crippen molar-refractivity contribution in [2.75, 3.05) is 6.61 Å². The predicted octanol–water partition coefficient (Wildman–Crippen LogP) is 3.44. The van der Waals surface area contributed by atoms with Gasteiger partial charge >= 0.3 is 5.97 Å². The van der Waals surface area contributed by atoms with Crippen molar-refractivity contribution in [1.29, 1.82) is 0 Å². The Balaban J connectivity index is 3.30. The summed E-state index contributed by atoms with van der Waals surface area (Å²) in [6, 6.07) is 5.41. The Labute approximate surface area is 135 Å². The molecule has 1 rings (SSSR count). The van der Waals surface area contributed by atoms with Crippen molar-refractivity contribution in [1.82, 2.24) is 0 Å². The number of aliphatic hydroxyl groups is 1. The number of esters is 1. The average Bonchev–Trinajstić information content (AvgIpc) is 2.43. The molecule has 0 bridgehead atoms. The monoisotopic (exact) mass is 324 g/mol. The van der Waals surface area contributed by atoms with E-state index in [1.165, 1.54) is 0 Å². The highest BCUT2D eigenvalue weighted by molar-refractivity contribution is 6.48. The summed E-state index contributed by atoms with van der Waals surface area (Å²) in [6.07, 6.45) is -0.112. The number of hydrogen-bond donors (Lipinski definition) is 1. The van der Waals surface area contributed by atoms with Crippen molar-refractivity contribution >= 4 is 15.0 Å².